The highest BCUT2D eigenvalue weighted by atomic mass is 79.9. The lowest BCUT2D eigenvalue weighted by Crippen LogP contribution is -2.45. The van der Waals surface area contributed by atoms with Crippen molar-refractivity contribution in [2.45, 2.75) is 25.3 Å². The molecule has 0 unspecified atom stereocenters. The molecule has 0 atom stereocenters. The summed E-state index contributed by atoms with van der Waals surface area (Å²) in [6.45, 7) is 2.35. The fraction of sp³-hybridized carbons (Fsp3) is 0.438. The molecule has 0 radical (unpaired) electrons. The molecule has 1 aromatic carbocycles. The zero-order chi connectivity index (χ0) is 16.9. The molecule has 2 N–H and O–H groups in total. The molecule has 1 aliphatic heterocycles. The second-order valence-electron chi connectivity index (χ2n) is 5.78. The van der Waals surface area contributed by atoms with E-state index in [1.807, 2.05) is 6.07 Å². The van der Waals surface area contributed by atoms with E-state index < -0.39 is 0 Å². The van der Waals surface area contributed by atoms with E-state index in [1.54, 1.807) is 19.4 Å². The maximum absolute atomic E-state index is 13.6. The molecule has 24 heavy (non-hydrogen) atoms. The van der Waals surface area contributed by atoms with Crippen molar-refractivity contribution in [3.8, 4) is 0 Å². The number of rotatable bonds is 3. The van der Waals surface area contributed by atoms with Gasteiger partial charge in [0, 0.05) is 32.6 Å². The van der Waals surface area contributed by atoms with Gasteiger partial charge in [-0.3, -0.25) is 10.1 Å². The van der Waals surface area contributed by atoms with Gasteiger partial charge < -0.3 is 10.2 Å². The van der Waals surface area contributed by atoms with E-state index in [0.29, 0.717) is 16.9 Å². The van der Waals surface area contributed by atoms with Crippen molar-refractivity contribution in [1.82, 2.24) is 25.4 Å². The minimum atomic E-state index is -0.253. The van der Waals surface area contributed by atoms with Crippen LogP contribution in [0.1, 0.15) is 30.1 Å². The standard InChI is InChI=1S/C16H20BrFN6/c1-19-16(20-9-11-2-3-13(17)14(18)8-11)24-6-4-12(5-7-24)15-21-10-22-23-15/h2-3,8,10,12H,4-7,9H2,1H3,(H,19,20)(H,21,22,23). The lowest BCUT2D eigenvalue weighted by atomic mass is 9.96. The van der Waals surface area contributed by atoms with E-state index in [-0.39, 0.29) is 5.82 Å². The summed E-state index contributed by atoms with van der Waals surface area (Å²) in [6, 6.07) is 5.14. The smallest absolute Gasteiger partial charge is 0.193 e. The van der Waals surface area contributed by atoms with Gasteiger partial charge in [0.05, 0.1) is 4.47 Å². The highest BCUT2D eigenvalue weighted by Crippen LogP contribution is 2.25. The van der Waals surface area contributed by atoms with Crippen LogP contribution in [0.3, 0.4) is 0 Å². The van der Waals surface area contributed by atoms with E-state index in [9.17, 15) is 4.39 Å². The minimum absolute atomic E-state index is 0.253. The number of nitrogens with zero attached hydrogens (tertiary/aromatic N) is 4. The predicted molar refractivity (Wildman–Crippen MR) is 94.2 cm³/mol. The fourth-order valence-electron chi connectivity index (χ4n) is 2.94. The van der Waals surface area contributed by atoms with E-state index in [2.05, 4.69) is 46.3 Å². The van der Waals surface area contributed by atoms with Crippen LogP contribution in [0.25, 0.3) is 0 Å². The van der Waals surface area contributed by atoms with E-state index in [4.69, 9.17) is 0 Å². The highest BCUT2D eigenvalue weighted by Gasteiger charge is 2.24. The number of piperidine rings is 1. The third-order valence-corrected chi connectivity index (χ3v) is 4.90. The Kier molecular flexibility index (Phi) is 5.44. The van der Waals surface area contributed by atoms with Gasteiger partial charge in [-0.2, -0.15) is 5.10 Å². The minimum Gasteiger partial charge on any atom is -0.352 e. The zero-order valence-electron chi connectivity index (χ0n) is 13.5. The molecule has 1 aliphatic rings. The molecule has 1 fully saturated rings. The van der Waals surface area contributed by atoms with Crippen LogP contribution in [0.5, 0.6) is 0 Å². The van der Waals surface area contributed by atoms with Crippen LogP contribution in [0, 0.1) is 5.82 Å². The molecule has 0 amide bonds. The summed E-state index contributed by atoms with van der Waals surface area (Å²) < 4.78 is 14.1. The summed E-state index contributed by atoms with van der Waals surface area (Å²) in [5.41, 5.74) is 0.883. The number of aliphatic imine (C=N–C) groups is 1. The van der Waals surface area contributed by atoms with Gasteiger partial charge in [-0.25, -0.2) is 9.37 Å². The quantitative estimate of drug-likeness (QED) is 0.620. The predicted octanol–water partition coefficient (Wildman–Crippen LogP) is 2.66. The molecule has 2 aromatic rings. The van der Waals surface area contributed by atoms with Gasteiger partial charge in [-0.05, 0) is 46.5 Å². The third kappa shape index (κ3) is 3.92. The van der Waals surface area contributed by atoms with Crippen molar-refractivity contribution in [2.24, 2.45) is 4.99 Å². The Balaban J connectivity index is 1.54. The molecular weight excluding hydrogens is 375 g/mol. The summed E-state index contributed by atoms with van der Waals surface area (Å²) in [5, 5.41) is 10.2. The van der Waals surface area contributed by atoms with Crippen LogP contribution in [0.15, 0.2) is 34.0 Å². The summed E-state index contributed by atoms with van der Waals surface area (Å²) in [5.74, 6) is 1.97. The molecule has 6 nitrogen and oxygen atoms in total. The van der Waals surface area contributed by atoms with Crippen molar-refractivity contribution in [2.75, 3.05) is 20.1 Å². The zero-order valence-corrected chi connectivity index (χ0v) is 15.1. The Bertz CT molecular complexity index is 695. The first-order valence-corrected chi connectivity index (χ1v) is 8.71. The first-order chi connectivity index (χ1) is 11.7. The number of likely N-dealkylation sites (tertiary alicyclic amines) is 1. The van der Waals surface area contributed by atoms with Crippen molar-refractivity contribution in [3.05, 3.63) is 46.2 Å². The maximum atomic E-state index is 13.6. The van der Waals surface area contributed by atoms with Crippen LogP contribution in [0.4, 0.5) is 4.39 Å². The highest BCUT2D eigenvalue weighted by molar-refractivity contribution is 9.10. The second-order valence-corrected chi connectivity index (χ2v) is 6.64. The Hall–Kier alpha value is -1.96. The molecule has 1 saturated heterocycles. The van der Waals surface area contributed by atoms with E-state index in [0.717, 1.165) is 43.3 Å². The largest absolute Gasteiger partial charge is 0.352 e. The third-order valence-electron chi connectivity index (χ3n) is 4.26. The number of aromatic nitrogens is 3. The van der Waals surface area contributed by atoms with Crippen molar-refractivity contribution >= 4 is 21.9 Å². The first-order valence-electron chi connectivity index (χ1n) is 7.92. The van der Waals surface area contributed by atoms with Crippen LogP contribution in [0.2, 0.25) is 0 Å². The Morgan fingerprint density at radius 3 is 2.88 bits per heavy atom. The van der Waals surface area contributed by atoms with Gasteiger partial charge in [-0.15, -0.1) is 0 Å². The number of hydrogen-bond acceptors (Lipinski definition) is 3. The molecule has 0 bridgehead atoms. The topological polar surface area (TPSA) is 69.2 Å². The lowest BCUT2D eigenvalue weighted by molar-refractivity contribution is 0.298. The number of H-pyrrole nitrogens is 1. The SMILES string of the molecule is CN=C(NCc1ccc(Br)c(F)c1)N1CCC(c2ncn[nH]2)CC1. The molecule has 8 heteroatoms. The lowest BCUT2D eigenvalue weighted by Gasteiger charge is -2.33. The Morgan fingerprint density at radius 2 is 2.25 bits per heavy atom. The van der Waals surface area contributed by atoms with Crippen LogP contribution in [-0.4, -0.2) is 46.2 Å². The summed E-state index contributed by atoms with van der Waals surface area (Å²) >= 11 is 3.17. The van der Waals surface area contributed by atoms with Crippen LogP contribution in [-0.2, 0) is 6.54 Å². The molecular formula is C16H20BrFN6. The van der Waals surface area contributed by atoms with Crippen molar-refractivity contribution in [3.63, 3.8) is 0 Å². The molecule has 128 valence electrons. The number of aromatic amines is 1. The Labute approximate surface area is 148 Å². The van der Waals surface area contributed by atoms with Crippen LogP contribution >= 0.6 is 15.9 Å². The molecule has 0 aliphatic carbocycles. The van der Waals surface area contributed by atoms with Gasteiger partial charge in [0.25, 0.3) is 0 Å². The number of hydrogen-bond donors (Lipinski definition) is 2. The van der Waals surface area contributed by atoms with Gasteiger partial charge >= 0.3 is 0 Å². The van der Waals surface area contributed by atoms with Crippen LogP contribution < -0.4 is 5.32 Å². The number of benzene rings is 1. The fourth-order valence-corrected chi connectivity index (χ4v) is 3.19. The molecule has 0 saturated carbocycles. The molecule has 2 heterocycles. The maximum Gasteiger partial charge on any atom is 0.193 e. The summed E-state index contributed by atoms with van der Waals surface area (Å²) in [4.78, 5) is 10.8. The van der Waals surface area contributed by atoms with Gasteiger partial charge in [0.1, 0.15) is 18.0 Å². The first kappa shape index (κ1) is 16.9. The summed E-state index contributed by atoms with van der Waals surface area (Å²) in [7, 11) is 1.77. The summed E-state index contributed by atoms with van der Waals surface area (Å²) in [6.07, 6.45) is 3.56. The average Bonchev–Trinajstić information content (AvgIpc) is 3.14. The molecule has 3 rings (SSSR count). The molecule has 0 spiro atoms. The number of halogens is 2. The number of nitrogens with one attached hydrogen (secondary N) is 2. The monoisotopic (exact) mass is 394 g/mol. The second kappa shape index (κ2) is 7.74. The van der Waals surface area contributed by atoms with Gasteiger partial charge in [-0.1, -0.05) is 6.07 Å². The van der Waals surface area contributed by atoms with Crippen molar-refractivity contribution < 1.29 is 4.39 Å². The average molecular weight is 395 g/mol. The normalized spacial score (nSPS) is 16.5. The van der Waals surface area contributed by atoms with Crippen molar-refractivity contribution in [1.29, 1.82) is 0 Å². The molecule has 1 aromatic heterocycles. The van der Waals surface area contributed by atoms with E-state index >= 15 is 0 Å². The number of guanidine groups is 1. The van der Waals surface area contributed by atoms with Gasteiger partial charge in [0.15, 0.2) is 5.96 Å². The Morgan fingerprint density at radius 1 is 1.46 bits per heavy atom. The van der Waals surface area contributed by atoms with E-state index in [1.165, 1.54) is 6.07 Å². The van der Waals surface area contributed by atoms with Gasteiger partial charge in [0.2, 0.25) is 0 Å².